The molecule has 0 bridgehead atoms. The highest BCUT2D eigenvalue weighted by Crippen LogP contribution is 2.30. The van der Waals surface area contributed by atoms with Crippen LogP contribution in [-0.4, -0.2) is 15.6 Å². The quantitative estimate of drug-likeness (QED) is 0.806. The molecular formula is C12H8Br2ClNO2. The number of hydrogen-bond acceptors (Lipinski definition) is 1. The fourth-order valence-electron chi connectivity index (χ4n) is 1.61. The minimum atomic E-state index is -0.996. The van der Waals surface area contributed by atoms with E-state index in [-0.39, 0.29) is 5.69 Å². The molecule has 0 saturated heterocycles. The molecule has 6 heteroatoms. The van der Waals surface area contributed by atoms with E-state index in [9.17, 15) is 4.79 Å². The highest BCUT2D eigenvalue weighted by molar-refractivity contribution is 9.10. The zero-order valence-corrected chi connectivity index (χ0v) is 13.2. The summed E-state index contributed by atoms with van der Waals surface area (Å²) in [7, 11) is 0. The number of halogens is 3. The van der Waals surface area contributed by atoms with E-state index < -0.39 is 5.97 Å². The van der Waals surface area contributed by atoms with Gasteiger partial charge >= 0.3 is 5.97 Å². The summed E-state index contributed by atoms with van der Waals surface area (Å²) in [5.74, 6) is -0.996. The molecule has 0 saturated carbocycles. The Morgan fingerprint density at radius 2 is 2.00 bits per heavy atom. The molecule has 1 N–H and O–H groups in total. The molecule has 0 spiro atoms. The molecular weight excluding hydrogens is 385 g/mol. The number of rotatable bonds is 2. The second-order valence-corrected chi connectivity index (χ2v) is 5.95. The fraction of sp³-hybridized carbons (Fsp3) is 0.0833. The molecule has 0 unspecified atom stereocenters. The Morgan fingerprint density at radius 3 is 2.61 bits per heavy atom. The first kappa shape index (κ1) is 13.6. The molecule has 0 amide bonds. The van der Waals surface area contributed by atoms with E-state index in [1.165, 1.54) is 0 Å². The first-order valence-electron chi connectivity index (χ1n) is 4.97. The Bertz CT molecular complexity index is 637. The molecule has 94 valence electrons. The predicted molar refractivity (Wildman–Crippen MR) is 77.9 cm³/mol. The van der Waals surface area contributed by atoms with Crippen LogP contribution in [0, 0.1) is 6.92 Å². The molecule has 2 aromatic rings. The number of benzene rings is 1. The van der Waals surface area contributed by atoms with Gasteiger partial charge in [0.15, 0.2) is 0 Å². The predicted octanol–water partition coefficient (Wildman–Crippen LogP) is 4.66. The molecule has 2 rings (SSSR count). The van der Waals surface area contributed by atoms with Crippen LogP contribution in [0.5, 0.6) is 0 Å². The van der Waals surface area contributed by atoms with E-state index in [2.05, 4.69) is 31.9 Å². The van der Waals surface area contributed by atoms with Crippen LogP contribution in [0.2, 0.25) is 5.02 Å². The lowest BCUT2D eigenvalue weighted by molar-refractivity contribution is 0.0688. The van der Waals surface area contributed by atoms with Gasteiger partial charge in [-0.2, -0.15) is 0 Å². The summed E-state index contributed by atoms with van der Waals surface area (Å²) in [5.41, 5.74) is 1.78. The van der Waals surface area contributed by atoms with Gasteiger partial charge in [-0.25, -0.2) is 4.79 Å². The van der Waals surface area contributed by atoms with Crippen LogP contribution in [-0.2, 0) is 0 Å². The lowest BCUT2D eigenvalue weighted by atomic mass is 10.2. The van der Waals surface area contributed by atoms with Crippen molar-refractivity contribution in [3.05, 3.63) is 49.6 Å². The van der Waals surface area contributed by atoms with Crippen molar-refractivity contribution in [3.63, 3.8) is 0 Å². The summed E-state index contributed by atoms with van der Waals surface area (Å²) in [4.78, 5) is 11.2. The van der Waals surface area contributed by atoms with Crippen LogP contribution in [0.3, 0.4) is 0 Å². The Balaban J connectivity index is 2.69. The third-order valence-electron chi connectivity index (χ3n) is 2.49. The molecule has 0 aliphatic carbocycles. The minimum absolute atomic E-state index is 0.169. The maximum absolute atomic E-state index is 11.2. The standard InChI is InChI=1S/C12H8Br2ClNO2/c1-6-2-8(14)10(4-9(6)15)16-5-7(13)3-11(16)12(17)18/h2-5H,1H3,(H,17,18). The average molecular weight is 393 g/mol. The zero-order valence-electron chi connectivity index (χ0n) is 9.25. The van der Waals surface area contributed by atoms with Crippen LogP contribution < -0.4 is 0 Å². The van der Waals surface area contributed by atoms with Gasteiger partial charge < -0.3 is 9.67 Å². The van der Waals surface area contributed by atoms with Gasteiger partial charge in [-0.05, 0) is 62.5 Å². The number of nitrogens with zero attached hydrogens (tertiary/aromatic N) is 1. The van der Waals surface area contributed by atoms with E-state index in [0.29, 0.717) is 15.2 Å². The van der Waals surface area contributed by atoms with Crippen molar-refractivity contribution in [1.29, 1.82) is 0 Å². The highest BCUT2D eigenvalue weighted by atomic mass is 79.9. The van der Waals surface area contributed by atoms with E-state index in [0.717, 1.165) is 10.0 Å². The van der Waals surface area contributed by atoms with Crippen molar-refractivity contribution in [2.45, 2.75) is 6.92 Å². The fourth-order valence-corrected chi connectivity index (χ4v) is 2.84. The third-order valence-corrected chi connectivity index (χ3v) is 3.97. The van der Waals surface area contributed by atoms with E-state index in [1.807, 2.05) is 13.0 Å². The SMILES string of the molecule is Cc1cc(Br)c(-n2cc(Br)cc2C(=O)O)cc1Cl. The maximum atomic E-state index is 11.2. The second-order valence-electron chi connectivity index (χ2n) is 3.77. The van der Waals surface area contributed by atoms with Gasteiger partial charge in [0.1, 0.15) is 5.69 Å². The molecule has 0 aliphatic heterocycles. The molecule has 0 atom stereocenters. The summed E-state index contributed by atoms with van der Waals surface area (Å²) >= 11 is 12.8. The van der Waals surface area contributed by atoms with Gasteiger partial charge in [-0.1, -0.05) is 11.6 Å². The third kappa shape index (κ3) is 2.48. The summed E-state index contributed by atoms with van der Waals surface area (Å²) in [6.45, 7) is 1.89. The minimum Gasteiger partial charge on any atom is -0.477 e. The van der Waals surface area contributed by atoms with Crippen LogP contribution >= 0.6 is 43.5 Å². The number of aromatic carboxylic acids is 1. The van der Waals surface area contributed by atoms with Crippen molar-refractivity contribution in [3.8, 4) is 5.69 Å². The maximum Gasteiger partial charge on any atom is 0.352 e. The lowest BCUT2D eigenvalue weighted by Gasteiger charge is -2.10. The summed E-state index contributed by atoms with van der Waals surface area (Å²) in [5, 5.41) is 9.76. The van der Waals surface area contributed by atoms with E-state index >= 15 is 0 Å². The number of carbonyl (C=O) groups is 1. The Kier molecular flexibility index (Phi) is 3.84. The van der Waals surface area contributed by atoms with Crippen LogP contribution in [0.4, 0.5) is 0 Å². The average Bonchev–Trinajstić information content (AvgIpc) is 2.65. The zero-order chi connectivity index (χ0) is 13.4. The van der Waals surface area contributed by atoms with E-state index in [4.69, 9.17) is 16.7 Å². The van der Waals surface area contributed by atoms with Crippen molar-refractivity contribution >= 4 is 49.4 Å². The topological polar surface area (TPSA) is 42.2 Å². The van der Waals surface area contributed by atoms with Crippen molar-refractivity contribution in [1.82, 2.24) is 4.57 Å². The number of carboxylic acid groups (broad SMARTS) is 1. The molecule has 0 radical (unpaired) electrons. The lowest BCUT2D eigenvalue weighted by Crippen LogP contribution is -2.06. The monoisotopic (exact) mass is 391 g/mol. The molecule has 0 aliphatic rings. The smallest absolute Gasteiger partial charge is 0.352 e. The molecule has 1 aromatic heterocycles. The first-order chi connectivity index (χ1) is 8.40. The van der Waals surface area contributed by atoms with Gasteiger partial charge in [0, 0.05) is 20.2 Å². The number of hydrogen-bond donors (Lipinski definition) is 1. The number of aromatic nitrogens is 1. The van der Waals surface area contributed by atoms with Crippen LogP contribution in [0.25, 0.3) is 5.69 Å². The molecule has 1 aromatic carbocycles. The van der Waals surface area contributed by atoms with Crippen molar-refractivity contribution in [2.24, 2.45) is 0 Å². The summed E-state index contributed by atoms with van der Waals surface area (Å²) in [6.07, 6.45) is 1.69. The highest BCUT2D eigenvalue weighted by Gasteiger charge is 2.15. The Morgan fingerprint density at radius 1 is 1.33 bits per heavy atom. The van der Waals surface area contributed by atoms with Gasteiger partial charge in [0.25, 0.3) is 0 Å². The number of aryl methyl sites for hydroxylation is 1. The van der Waals surface area contributed by atoms with Gasteiger partial charge in [0.05, 0.1) is 5.69 Å². The van der Waals surface area contributed by atoms with E-state index in [1.54, 1.807) is 22.9 Å². The van der Waals surface area contributed by atoms with Gasteiger partial charge in [-0.15, -0.1) is 0 Å². The van der Waals surface area contributed by atoms with Crippen molar-refractivity contribution in [2.75, 3.05) is 0 Å². The Hall–Kier alpha value is -0.780. The van der Waals surface area contributed by atoms with Crippen molar-refractivity contribution < 1.29 is 9.90 Å². The first-order valence-corrected chi connectivity index (χ1v) is 6.93. The van der Waals surface area contributed by atoms with Crippen LogP contribution in [0.1, 0.15) is 16.1 Å². The molecule has 0 fully saturated rings. The Labute approximate surface area is 126 Å². The van der Waals surface area contributed by atoms with Crippen LogP contribution in [0.15, 0.2) is 33.3 Å². The number of carboxylic acids is 1. The molecule has 1 heterocycles. The molecule has 3 nitrogen and oxygen atoms in total. The second kappa shape index (κ2) is 5.07. The normalized spacial score (nSPS) is 10.7. The summed E-state index contributed by atoms with van der Waals surface area (Å²) in [6, 6.07) is 5.14. The van der Waals surface area contributed by atoms with Gasteiger partial charge in [-0.3, -0.25) is 0 Å². The molecule has 18 heavy (non-hydrogen) atoms. The largest absolute Gasteiger partial charge is 0.477 e. The van der Waals surface area contributed by atoms with Gasteiger partial charge in [0.2, 0.25) is 0 Å². The summed E-state index contributed by atoms with van der Waals surface area (Å²) < 4.78 is 3.06.